The number of nitrogens with one attached hydrogen (secondary N) is 1. The Balaban J connectivity index is 1.92. The van der Waals surface area contributed by atoms with E-state index >= 15 is 0 Å². The monoisotopic (exact) mass is 372 g/mol. The van der Waals surface area contributed by atoms with Gasteiger partial charge in [0.25, 0.3) is 5.91 Å². The van der Waals surface area contributed by atoms with E-state index < -0.39 is 30.1 Å². The molecule has 2 saturated heterocycles. The van der Waals surface area contributed by atoms with E-state index in [9.17, 15) is 14.4 Å². The summed E-state index contributed by atoms with van der Waals surface area (Å²) in [5, 5.41) is 2.78. The molecule has 0 bridgehead atoms. The van der Waals surface area contributed by atoms with Gasteiger partial charge in [-0.25, -0.2) is 4.79 Å². The molecular weight excluding hydrogens is 344 g/mol. The molecule has 4 atom stereocenters. The molecule has 8 heteroatoms. The molecular formula is C17H28N2O5S. The Bertz CT molecular complexity index is 501. The fourth-order valence-electron chi connectivity index (χ4n) is 3.07. The first-order valence-corrected chi connectivity index (χ1v) is 10.3. The number of likely N-dealkylation sites (tertiary alicyclic amines) is 1. The maximum atomic E-state index is 12.8. The molecule has 0 aromatic rings. The fourth-order valence-corrected chi connectivity index (χ4v) is 3.54. The lowest BCUT2D eigenvalue weighted by atomic mass is 9.99. The van der Waals surface area contributed by atoms with Gasteiger partial charge in [-0.2, -0.15) is 11.8 Å². The SMILES string of the molecule is CCOC(=O)[C@H]1O[C@@H]1C(=O)NC(CCSC)C(=O)N1CCCC(C)C1. The average Bonchev–Trinajstić information content (AvgIpc) is 3.39. The number of hydrogen-bond acceptors (Lipinski definition) is 6. The number of carbonyl (C=O) groups is 3. The first-order chi connectivity index (χ1) is 12.0. The van der Waals surface area contributed by atoms with Crippen LogP contribution < -0.4 is 5.32 Å². The van der Waals surface area contributed by atoms with E-state index in [1.54, 1.807) is 18.7 Å². The molecule has 2 heterocycles. The second-order valence-electron chi connectivity index (χ2n) is 6.60. The predicted molar refractivity (Wildman–Crippen MR) is 95.2 cm³/mol. The highest BCUT2D eigenvalue weighted by atomic mass is 32.2. The number of thioether (sulfide) groups is 1. The molecule has 0 radical (unpaired) electrons. The zero-order valence-electron chi connectivity index (χ0n) is 15.2. The summed E-state index contributed by atoms with van der Waals surface area (Å²) in [7, 11) is 0. The number of carbonyl (C=O) groups excluding carboxylic acids is 3. The molecule has 7 nitrogen and oxygen atoms in total. The summed E-state index contributed by atoms with van der Waals surface area (Å²) in [6, 6.07) is -0.572. The highest BCUT2D eigenvalue weighted by Crippen LogP contribution is 2.24. The summed E-state index contributed by atoms with van der Waals surface area (Å²) < 4.78 is 9.97. The van der Waals surface area contributed by atoms with E-state index in [0.717, 1.165) is 31.7 Å². The van der Waals surface area contributed by atoms with Gasteiger partial charge in [-0.05, 0) is 44.1 Å². The van der Waals surface area contributed by atoms with Crippen molar-refractivity contribution in [2.75, 3.05) is 31.7 Å². The number of nitrogens with zero attached hydrogens (tertiary/aromatic N) is 1. The van der Waals surface area contributed by atoms with E-state index in [1.807, 2.05) is 11.2 Å². The normalized spacial score (nSPS) is 26.7. The third-order valence-electron chi connectivity index (χ3n) is 4.46. The first kappa shape index (κ1) is 20.0. The minimum Gasteiger partial charge on any atom is -0.464 e. The number of rotatable bonds is 8. The van der Waals surface area contributed by atoms with Crippen molar-refractivity contribution < 1.29 is 23.9 Å². The van der Waals surface area contributed by atoms with Crippen LogP contribution in [0.1, 0.15) is 33.1 Å². The summed E-state index contributed by atoms with van der Waals surface area (Å²) >= 11 is 1.63. The van der Waals surface area contributed by atoms with Crippen molar-refractivity contribution in [3.63, 3.8) is 0 Å². The van der Waals surface area contributed by atoms with Crippen molar-refractivity contribution in [3.8, 4) is 0 Å². The predicted octanol–water partition coefficient (Wildman–Crippen LogP) is 0.813. The van der Waals surface area contributed by atoms with Gasteiger partial charge in [0.2, 0.25) is 5.91 Å². The van der Waals surface area contributed by atoms with Crippen LogP contribution in [0.4, 0.5) is 0 Å². The lowest BCUT2D eigenvalue weighted by Gasteiger charge is -2.33. The zero-order chi connectivity index (χ0) is 18.4. The average molecular weight is 372 g/mol. The number of piperidine rings is 1. The molecule has 2 amide bonds. The Kier molecular flexibility index (Phi) is 7.56. The van der Waals surface area contributed by atoms with Gasteiger partial charge in [0.15, 0.2) is 12.2 Å². The molecule has 1 N–H and O–H groups in total. The lowest BCUT2D eigenvalue weighted by Crippen LogP contribution is -2.52. The number of ether oxygens (including phenoxy) is 2. The van der Waals surface area contributed by atoms with Crippen molar-refractivity contribution in [1.82, 2.24) is 10.2 Å². The van der Waals surface area contributed by atoms with Gasteiger partial charge in [0, 0.05) is 13.1 Å². The van der Waals surface area contributed by atoms with Crippen molar-refractivity contribution in [2.24, 2.45) is 5.92 Å². The summed E-state index contributed by atoms with van der Waals surface area (Å²) in [5.41, 5.74) is 0. The van der Waals surface area contributed by atoms with Gasteiger partial charge < -0.3 is 19.7 Å². The Morgan fingerprint density at radius 3 is 2.76 bits per heavy atom. The highest BCUT2D eigenvalue weighted by Gasteiger charge is 2.52. The molecule has 2 aliphatic heterocycles. The molecule has 25 heavy (non-hydrogen) atoms. The minimum atomic E-state index is -0.844. The molecule has 2 aliphatic rings. The largest absolute Gasteiger partial charge is 0.464 e. The van der Waals surface area contributed by atoms with Crippen molar-refractivity contribution in [1.29, 1.82) is 0 Å². The Labute approximate surface area is 153 Å². The quantitative estimate of drug-likeness (QED) is 0.501. The molecule has 0 aromatic heterocycles. The standard InChI is InChI=1S/C17H28N2O5S/c1-4-23-17(22)14-13(24-14)15(20)18-12(7-9-25-3)16(21)19-8-5-6-11(2)10-19/h11-14H,4-10H2,1-3H3,(H,18,20)/t11?,12?,13-,14-/m0/s1. The molecule has 142 valence electrons. The molecule has 2 unspecified atom stereocenters. The lowest BCUT2D eigenvalue weighted by molar-refractivity contribution is -0.144. The van der Waals surface area contributed by atoms with Crippen molar-refractivity contribution in [2.45, 2.75) is 51.4 Å². The van der Waals surface area contributed by atoms with Crippen LogP contribution in [0, 0.1) is 5.92 Å². The van der Waals surface area contributed by atoms with Gasteiger partial charge in [-0.1, -0.05) is 6.92 Å². The number of hydrogen-bond donors (Lipinski definition) is 1. The highest BCUT2D eigenvalue weighted by molar-refractivity contribution is 7.98. The summed E-state index contributed by atoms with van der Waals surface area (Å²) in [5.74, 6) is 0.270. The van der Waals surface area contributed by atoms with Crippen LogP contribution in [0.15, 0.2) is 0 Å². The number of amides is 2. The van der Waals surface area contributed by atoms with Crippen LogP contribution in [0.3, 0.4) is 0 Å². The third kappa shape index (κ3) is 5.60. The summed E-state index contributed by atoms with van der Waals surface area (Å²) in [6.45, 7) is 5.55. The van der Waals surface area contributed by atoms with Crippen LogP contribution in [-0.4, -0.2) is 72.6 Å². The van der Waals surface area contributed by atoms with E-state index in [2.05, 4.69) is 12.2 Å². The topological polar surface area (TPSA) is 88.2 Å². The van der Waals surface area contributed by atoms with E-state index in [1.165, 1.54) is 0 Å². The molecule has 0 aliphatic carbocycles. The maximum absolute atomic E-state index is 12.8. The smallest absolute Gasteiger partial charge is 0.338 e. The van der Waals surface area contributed by atoms with Crippen LogP contribution in [-0.2, 0) is 23.9 Å². The van der Waals surface area contributed by atoms with E-state index in [0.29, 0.717) is 12.3 Å². The molecule has 0 spiro atoms. The first-order valence-electron chi connectivity index (χ1n) is 8.88. The molecule has 2 rings (SSSR count). The Morgan fingerprint density at radius 2 is 2.12 bits per heavy atom. The minimum absolute atomic E-state index is 0.0396. The Hall–Kier alpha value is -1.28. The van der Waals surface area contributed by atoms with E-state index in [4.69, 9.17) is 9.47 Å². The van der Waals surface area contributed by atoms with Gasteiger partial charge in [-0.15, -0.1) is 0 Å². The van der Waals surface area contributed by atoms with Crippen molar-refractivity contribution in [3.05, 3.63) is 0 Å². The summed E-state index contributed by atoms with van der Waals surface area (Å²) in [6.07, 6.45) is 2.96. The third-order valence-corrected chi connectivity index (χ3v) is 5.11. The van der Waals surface area contributed by atoms with Gasteiger partial charge in [0.05, 0.1) is 6.61 Å². The van der Waals surface area contributed by atoms with Crippen LogP contribution in [0.5, 0.6) is 0 Å². The second kappa shape index (κ2) is 9.43. The summed E-state index contributed by atoms with van der Waals surface area (Å²) in [4.78, 5) is 38.6. The Morgan fingerprint density at radius 1 is 1.36 bits per heavy atom. The van der Waals surface area contributed by atoms with Crippen LogP contribution >= 0.6 is 11.8 Å². The van der Waals surface area contributed by atoms with Gasteiger partial charge in [-0.3, -0.25) is 9.59 Å². The van der Waals surface area contributed by atoms with Crippen LogP contribution in [0.2, 0.25) is 0 Å². The van der Waals surface area contributed by atoms with Crippen LogP contribution in [0.25, 0.3) is 0 Å². The molecule has 0 aromatic carbocycles. The zero-order valence-corrected chi connectivity index (χ0v) is 16.0. The second-order valence-corrected chi connectivity index (χ2v) is 7.59. The molecule has 0 saturated carbocycles. The van der Waals surface area contributed by atoms with E-state index in [-0.39, 0.29) is 12.5 Å². The van der Waals surface area contributed by atoms with Gasteiger partial charge in [0.1, 0.15) is 6.04 Å². The number of esters is 1. The maximum Gasteiger partial charge on any atom is 0.338 e. The van der Waals surface area contributed by atoms with Gasteiger partial charge >= 0.3 is 5.97 Å². The van der Waals surface area contributed by atoms with Crippen molar-refractivity contribution >= 4 is 29.5 Å². The molecule has 2 fully saturated rings. The fraction of sp³-hybridized carbons (Fsp3) is 0.824. The number of epoxide rings is 1.